The zero-order valence-corrected chi connectivity index (χ0v) is 9.06. The minimum Gasteiger partial charge on any atom is -0.144 e. The van der Waals surface area contributed by atoms with Gasteiger partial charge >= 0.3 is 0 Å². The van der Waals surface area contributed by atoms with Crippen LogP contribution in [0, 0.1) is 0 Å². The second kappa shape index (κ2) is 3.64. The molecule has 0 radical (unpaired) electrons. The molecule has 0 atom stereocenters. The molecule has 0 aliphatic carbocycles. The van der Waals surface area contributed by atoms with Gasteiger partial charge in [0.15, 0.2) is 0 Å². The van der Waals surface area contributed by atoms with Gasteiger partial charge in [-0.3, -0.25) is 0 Å². The highest BCUT2D eigenvalue weighted by Crippen LogP contribution is 2.32. The van der Waals surface area contributed by atoms with Crippen LogP contribution in [0.2, 0.25) is 0 Å². The normalized spacial score (nSPS) is 10.4. The van der Waals surface area contributed by atoms with Gasteiger partial charge in [0.25, 0.3) is 0 Å². The molecule has 0 N–H and O–H groups in total. The first-order chi connectivity index (χ1) is 5.90. The molecule has 0 aromatic carbocycles. The summed E-state index contributed by atoms with van der Waals surface area (Å²) >= 11 is 5.42. The summed E-state index contributed by atoms with van der Waals surface area (Å²) in [5, 5.41) is 4.34. The molecule has 2 rings (SSSR count). The largest absolute Gasteiger partial charge is 0.144 e. The quantitative estimate of drug-likeness (QED) is 0.672. The van der Waals surface area contributed by atoms with Crippen LogP contribution in [-0.2, 0) is 0 Å². The zero-order valence-electron chi connectivity index (χ0n) is 6.61. The van der Waals surface area contributed by atoms with Crippen molar-refractivity contribution in [1.82, 2.24) is 0 Å². The van der Waals surface area contributed by atoms with Crippen LogP contribution >= 0.6 is 34.4 Å². The van der Waals surface area contributed by atoms with Crippen molar-refractivity contribution in [3.63, 3.8) is 0 Å². The first kappa shape index (κ1) is 8.35. The first-order valence-corrected chi connectivity index (χ1v) is 6.55. The van der Waals surface area contributed by atoms with Crippen LogP contribution in [0.1, 0.15) is 0 Å². The van der Waals surface area contributed by atoms with Gasteiger partial charge in [0.05, 0.1) is 4.21 Å². The molecule has 0 aliphatic rings. The van der Waals surface area contributed by atoms with Crippen molar-refractivity contribution in [1.29, 1.82) is 0 Å². The summed E-state index contributed by atoms with van der Waals surface area (Å²) in [5.41, 5.74) is 1.36. The Hall–Kier alpha value is -0.250. The average molecular weight is 212 g/mol. The molecule has 2 heterocycles. The van der Waals surface area contributed by atoms with Crippen LogP contribution in [0.4, 0.5) is 0 Å². The Morgan fingerprint density at radius 3 is 2.83 bits per heavy atom. The van der Waals surface area contributed by atoms with Crippen molar-refractivity contribution in [3.05, 3.63) is 29.0 Å². The lowest BCUT2D eigenvalue weighted by Gasteiger charge is -1.87. The number of thiophene rings is 2. The van der Waals surface area contributed by atoms with Crippen LogP contribution in [0.5, 0.6) is 0 Å². The summed E-state index contributed by atoms with van der Waals surface area (Å²) in [5.74, 6) is 0. The van der Waals surface area contributed by atoms with Crippen LogP contribution in [0.3, 0.4) is 0 Å². The Kier molecular flexibility index (Phi) is 2.54. The number of hydrogen-bond donors (Lipinski definition) is 0. The molecule has 12 heavy (non-hydrogen) atoms. The molecular formula is C9H8S3. The van der Waals surface area contributed by atoms with E-state index in [1.54, 1.807) is 11.3 Å². The van der Waals surface area contributed by atoms with Crippen molar-refractivity contribution in [3.8, 4) is 10.4 Å². The van der Waals surface area contributed by atoms with Gasteiger partial charge in [-0.05, 0) is 23.8 Å². The fraction of sp³-hybridized carbons (Fsp3) is 0.111. The molecule has 62 valence electrons. The van der Waals surface area contributed by atoms with E-state index < -0.39 is 0 Å². The number of rotatable bonds is 2. The molecule has 0 saturated heterocycles. The molecule has 0 nitrogen and oxygen atoms in total. The molecule has 2 aromatic rings. The molecule has 3 heteroatoms. The van der Waals surface area contributed by atoms with E-state index in [-0.39, 0.29) is 0 Å². The predicted octanol–water partition coefficient (Wildman–Crippen LogP) is 4.20. The topological polar surface area (TPSA) is 0 Å². The minimum atomic E-state index is 1.36. The summed E-state index contributed by atoms with van der Waals surface area (Å²) in [7, 11) is 0. The lowest BCUT2D eigenvalue weighted by molar-refractivity contribution is 1.73. The standard InChI is InChI=1S/C9H8S3/c1-10-9-5-7(6-12-9)8-3-2-4-11-8/h2-6H,1H3. The van der Waals surface area contributed by atoms with Crippen LogP contribution in [-0.4, -0.2) is 6.26 Å². The Bertz CT molecular complexity index is 345. The maximum Gasteiger partial charge on any atom is 0.0602 e. The van der Waals surface area contributed by atoms with Gasteiger partial charge in [0.2, 0.25) is 0 Å². The third-order valence-electron chi connectivity index (χ3n) is 1.58. The zero-order chi connectivity index (χ0) is 8.39. The summed E-state index contributed by atoms with van der Waals surface area (Å²) in [6.45, 7) is 0. The fourth-order valence-corrected chi connectivity index (χ4v) is 3.19. The summed E-state index contributed by atoms with van der Waals surface area (Å²) in [6, 6.07) is 6.51. The van der Waals surface area contributed by atoms with Gasteiger partial charge in [-0.2, -0.15) is 0 Å². The first-order valence-electron chi connectivity index (χ1n) is 3.56. The van der Waals surface area contributed by atoms with Gasteiger partial charge in [0, 0.05) is 15.8 Å². The summed E-state index contributed by atoms with van der Waals surface area (Å²) in [6.07, 6.45) is 2.12. The second-order valence-corrected chi connectivity index (χ2v) is 5.30. The molecule has 0 unspecified atom stereocenters. The molecular weight excluding hydrogens is 204 g/mol. The van der Waals surface area contributed by atoms with Crippen molar-refractivity contribution in [2.75, 3.05) is 6.26 Å². The molecule has 0 amide bonds. The predicted molar refractivity (Wildman–Crippen MR) is 59.4 cm³/mol. The SMILES string of the molecule is CSc1cc(-c2cccs2)cs1. The van der Waals surface area contributed by atoms with Gasteiger partial charge in [-0.15, -0.1) is 34.4 Å². The lowest BCUT2D eigenvalue weighted by atomic mass is 10.3. The van der Waals surface area contributed by atoms with Crippen molar-refractivity contribution < 1.29 is 0 Å². The fourth-order valence-electron chi connectivity index (χ4n) is 0.996. The third kappa shape index (κ3) is 1.58. The highest BCUT2D eigenvalue weighted by Gasteiger charge is 2.01. The molecule has 0 saturated carbocycles. The van der Waals surface area contributed by atoms with Gasteiger partial charge in [-0.1, -0.05) is 6.07 Å². The lowest BCUT2D eigenvalue weighted by Crippen LogP contribution is -1.60. The highest BCUT2D eigenvalue weighted by atomic mass is 32.2. The van der Waals surface area contributed by atoms with Crippen LogP contribution in [0.25, 0.3) is 10.4 Å². The van der Waals surface area contributed by atoms with Gasteiger partial charge < -0.3 is 0 Å². The van der Waals surface area contributed by atoms with Crippen molar-refractivity contribution >= 4 is 34.4 Å². The van der Waals surface area contributed by atoms with Crippen LogP contribution in [0.15, 0.2) is 33.2 Å². The van der Waals surface area contributed by atoms with Gasteiger partial charge in [-0.25, -0.2) is 0 Å². The summed E-state index contributed by atoms with van der Waals surface area (Å²) in [4.78, 5) is 1.37. The van der Waals surface area contributed by atoms with E-state index >= 15 is 0 Å². The minimum absolute atomic E-state index is 1.36. The van der Waals surface area contributed by atoms with Crippen molar-refractivity contribution in [2.45, 2.75) is 4.21 Å². The molecule has 0 spiro atoms. The number of thioether (sulfide) groups is 1. The average Bonchev–Trinajstić information content (AvgIpc) is 2.75. The highest BCUT2D eigenvalue weighted by molar-refractivity contribution is 8.00. The van der Waals surface area contributed by atoms with E-state index in [9.17, 15) is 0 Å². The van der Waals surface area contributed by atoms with Crippen LogP contribution < -0.4 is 0 Å². The van der Waals surface area contributed by atoms with E-state index in [1.165, 1.54) is 14.6 Å². The Balaban J connectivity index is 2.35. The monoisotopic (exact) mass is 212 g/mol. The Morgan fingerprint density at radius 1 is 1.33 bits per heavy atom. The molecule has 2 aromatic heterocycles. The Morgan fingerprint density at radius 2 is 2.25 bits per heavy atom. The van der Waals surface area contributed by atoms with Gasteiger partial charge in [0.1, 0.15) is 0 Å². The molecule has 0 aliphatic heterocycles. The maximum absolute atomic E-state index is 2.25. The molecule has 0 fully saturated rings. The van der Waals surface area contributed by atoms with E-state index in [0.29, 0.717) is 0 Å². The van der Waals surface area contributed by atoms with E-state index in [1.807, 2.05) is 23.1 Å². The van der Waals surface area contributed by atoms with Crippen molar-refractivity contribution in [2.24, 2.45) is 0 Å². The van der Waals surface area contributed by atoms with E-state index in [0.717, 1.165) is 0 Å². The van der Waals surface area contributed by atoms with E-state index in [4.69, 9.17) is 0 Å². The molecule has 0 bridgehead atoms. The van der Waals surface area contributed by atoms with E-state index in [2.05, 4.69) is 35.2 Å². The Labute approximate surface area is 84.3 Å². The maximum atomic E-state index is 2.25. The number of hydrogen-bond acceptors (Lipinski definition) is 3. The second-order valence-electron chi connectivity index (χ2n) is 2.34. The summed E-state index contributed by atoms with van der Waals surface area (Å²) < 4.78 is 1.39. The smallest absolute Gasteiger partial charge is 0.0602 e. The third-order valence-corrected chi connectivity index (χ3v) is 4.53.